The number of hydrogen-bond acceptors (Lipinski definition) is 2. The molecule has 0 aromatic heterocycles. The summed E-state index contributed by atoms with van der Waals surface area (Å²) in [6, 6.07) is 18.9. The van der Waals surface area contributed by atoms with E-state index in [4.69, 9.17) is 0 Å². The molecule has 0 atom stereocenters. The van der Waals surface area contributed by atoms with Gasteiger partial charge in [-0.3, -0.25) is 0 Å². The molecule has 0 saturated carbocycles. The molecule has 0 aliphatic heterocycles. The first-order valence-electron chi connectivity index (χ1n) is 6.69. The van der Waals surface area contributed by atoms with E-state index >= 15 is 0 Å². The molecule has 0 bridgehead atoms. The van der Waals surface area contributed by atoms with E-state index in [1.807, 2.05) is 30.3 Å². The van der Waals surface area contributed by atoms with Gasteiger partial charge in [-0.15, -0.1) is 0 Å². The van der Waals surface area contributed by atoms with Gasteiger partial charge in [-0.25, -0.2) is 5.43 Å². The van der Waals surface area contributed by atoms with Gasteiger partial charge in [-0.05, 0) is 28.7 Å². The van der Waals surface area contributed by atoms with Crippen molar-refractivity contribution in [2.45, 2.75) is 32.7 Å². The van der Waals surface area contributed by atoms with E-state index in [0.29, 0.717) is 0 Å². The molecular weight excluding hydrogens is 232 g/mol. The summed E-state index contributed by atoms with van der Waals surface area (Å²) in [4.78, 5) is 0. The fourth-order valence-corrected chi connectivity index (χ4v) is 1.89. The summed E-state index contributed by atoms with van der Waals surface area (Å²) in [7, 11) is 0. The van der Waals surface area contributed by atoms with Crippen molar-refractivity contribution in [3.8, 4) is 0 Å². The zero-order chi connectivity index (χ0) is 13.7. The van der Waals surface area contributed by atoms with Crippen LogP contribution in [0.4, 0.5) is 5.69 Å². The van der Waals surface area contributed by atoms with Crippen LogP contribution < -0.4 is 10.9 Å². The van der Waals surface area contributed by atoms with Crippen molar-refractivity contribution in [2.24, 2.45) is 0 Å². The van der Waals surface area contributed by atoms with Crippen LogP contribution in [0.3, 0.4) is 0 Å². The fraction of sp³-hybridized carbons (Fsp3) is 0.294. The molecule has 100 valence electrons. The SMILES string of the molecule is CC(C)(C)c1ccc(CNNc2ccccc2)cc1. The van der Waals surface area contributed by atoms with Gasteiger partial charge in [0.05, 0.1) is 0 Å². The van der Waals surface area contributed by atoms with Gasteiger partial charge in [0.1, 0.15) is 0 Å². The Labute approximate surface area is 115 Å². The molecule has 2 heteroatoms. The highest BCUT2D eigenvalue weighted by Crippen LogP contribution is 2.22. The lowest BCUT2D eigenvalue weighted by Crippen LogP contribution is -2.20. The Bertz CT molecular complexity index is 495. The molecule has 2 nitrogen and oxygen atoms in total. The molecule has 0 unspecified atom stereocenters. The predicted molar refractivity (Wildman–Crippen MR) is 82.0 cm³/mol. The minimum atomic E-state index is 0.217. The third kappa shape index (κ3) is 4.11. The van der Waals surface area contributed by atoms with E-state index < -0.39 is 0 Å². The van der Waals surface area contributed by atoms with Crippen LogP contribution in [0.15, 0.2) is 54.6 Å². The molecule has 0 aliphatic rings. The second-order valence-corrected chi connectivity index (χ2v) is 5.79. The first-order valence-corrected chi connectivity index (χ1v) is 6.69. The van der Waals surface area contributed by atoms with E-state index in [2.05, 4.69) is 55.9 Å². The van der Waals surface area contributed by atoms with E-state index in [9.17, 15) is 0 Å². The van der Waals surface area contributed by atoms with Crippen LogP contribution in [0, 0.1) is 0 Å². The quantitative estimate of drug-likeness (QED) is 0.803. The predicted octanol–water partition coefficient (Wildman–Crippen LogP) is 4.10. The Morgan fingerprint density at radius 1 is 0.842 bits per heavy atom. The minimum Gasteiger partial charge on any atom is -0.321 e. The lowest BCUT2D eigenvalue weighted by Gasteiger charge is -2.19. The van der Waals surface area contributed by atoms with Gasteiger partial charge in [0.15, 0.2) is 0 Å². The standard InChI is InChI=1S/C17H22N2/c1-17(2,3)15-11-9-14(10-12-15)13-18-19-16-7-5-4-6-8-16/h4-12,18-19H,13H2,1-3H3. The summed E-state index contributed by atoms with van der Waals surface area (Å²) in [5, 5.41) is 0. The number of benzene rings is 2. The second-order valence-electron chi connectivity index (χ2n) is 5.79. The largest absolute Gasteiger partial charge is 0.321 e. The summed E-state index contributed by atoms with van der Waals surface area (Å²) in [6.07, 6.45) is 0. The molecule has 2 N–H and O–H groups in total. The van der Waals surface area contributed by atoms with Gasteiger partial charge in [0, 0.05) is 12.2 Å². The summed E-state index contributed by atoms with van der Waals surface area (Å²) < 4.78 is 0. The summed E-state index contributed by atoms with van der Waals surface area (Å²) in [6.45, 7) is 7.50. The molecule has 2 rings (SSSR count). The van der Waals surface area contributed by atoms with Gasteiger partial charge >= 0.3 is 0 Å². The molecular formula is C17H22N2. The second kappa shape index (κ2) is 5.89. The van der Waals surface area contributed by atoms with E-state index in [-0.39, 0.29) is 5.41 Å². The number of rotatable bonds is 4. The van der Waals surface area contributed by atoms with E-state index in [0.717, 1.165) is 12.2 Å². The normalized spacial score (nSPS) is 11.3. The first-order chi connectivity index (χ1) is 9.05. The Kier molecular flexibility index (Phi) is 4.23. The highest BCUT2D eigenvalue weighted by atomic mass is 15.3. The van der Waals surface area contributed by atoms with Crippen molar-refractivity contribution < 1.29 is 0 Å². The molecule has 2 aromatic rings. The van der Waals surface area contributed by atoms with E-state index in [1.165, 1.54) is 11.1 Å². The maximum atomic E-state index is 3.23. The first kappa shape index (κ1) is 13.6. The summed E-state index contributed by atoms with van der Waals surface area (Å²) in [5.41, 5.74) is 10.4. The number of anilines is 1. The van der Waals surface area contributed by atoms with Gasteiger partial charge < -0.3 is 5.43 Å². The van der Waals surface area contributed by atoms with E-state index in [1.54, 1.807) is 0 Å². The van der Waals surface area contributed by atoms with Crippen LogP contribution in [0.5, 0.6) is 0 Å². The van der Waals surface area contributed by atoms with Crippen molar-refractivity contribution in [2.75, 3.05) is 5.43 Å². The third-order valence-electron chi connectivity index (χ3n) is 3.12. The van der Waals surface area contributed by atoms with Gasteiger partial charge in [-0.1, -0.05) is 63.2 Å². The molecule has 0 saturated heterocycles. The van der Waals surface area contributed by atoms with Crippen molar-refractivity contribution in [1.82, 2.24) is 5.43 Å². The molecule has 2 aromatic carbocycles. The van der Waals surface area contributed by atoms with Crippen LogP contribution in [-0.4, -0.2) is 0 Å². The number of para-hydroxylation sites is 1. The fourth-order valence-electron chi connectivity index (χ4n) is 1.89. The number of hydrogen-bond donors (Lipinski definition) is 2. The molecule has 0 amide bonds. The topological polar surface area (TPSA) is 24.1 Å². The van der Waals surface area contributed by atoms with Crippen LogP contribution >= 0.6 is 0 Å². The average molecular weight is 254 g/mol. The van der Waals surface area contributed by atoms with Gasteiger partial charge in [0.2, 0.25) is 0 Å². The minimum absolute atomic E-state index is 0.217. The average Bonchev–Trinajstić information content (AvgIpc) is 2.39. The zero-order valence-corrected chi connectivity index (χ0v) is 11.9. The van der Waals surface area contributed by atoms with Crippen LogP contribution in [0.25, 0.3) is 0 Å². The monoisotopic (exact) mass is 254 g/mol. The van der Waals surface area contributed by atoms with Gasteiger partial charge in [-0.2, -0.15) is 0 Å². The van der Waals surface area contributed by atoms with Crippen molar-refractivity contribution >= 4 is 5.69 Å². The molecule has 19 heavy (non-hydrogen) atoms. The highest BCUT2D eigenvalue weighted by Gasteiger charge is 2.12. The van der Waals surface area contributed by atoms with Crippen LogP contribution in [0.2, 0.25) is 0 Å². The molecule has 0 radical (unpaired) electrons. The third-order valence-corrected chi connectivity index (χ3v) is 3.12. The summed E-state index contributed by atoms with van der Waals surface area (Å²) >= 11 is 0. The number of nitrogens with one attached hydrogen (secondary N) is 2. The lowest BCUT2D eigenvalue weighted by molar-refractivity contribution is 0.590. The summed E-state index contributed by atoms with van der Waals surface area (Å²) in [5.74, 6) is 0. The van der Waals surface area contributed by atoms with Crippen molar-refractivity contribution in [3.63, 3.8) is 0 Å². The van der Waals surface area contributed by atoms with Gasteiger partial charge in [0.25, 0.3) is 0 Å². The Balaban J connectivity index is 1.87. The van der Waals surface area contributed by atoms with Crippen LogP contribution in [0.1, 0.15) is 31.9 Å². The molecule has 0 spiro atoms. The zero-order valence-electron chi connectivity index (χ0n) is 11.9. The Morgan fingerprint density at radius 2 is 1.47 bits per heavy atom. The Hall–Kier alpha value is -1.80. The maximum absolute atomic E-state index is 3.23. The molecule has 0 heterocycles. The maximum Gasteiger partial charge on any atom is 0.0487 e. The molecule has 0 fully saturated rings. The Morgan fingerprint density at radius 3 is 2.05 bits per heavy atom. The van der Waals surface area contributed by atoms with Crippen molar-refractivity contribution in [3.05, 3.63) is 65.7 Å². The highest BCUT2D eigenvalue weighted by molar-refractivity contribution is 5.41. The lowest BCUT2D eigenvalue weighted by atomic mass is 9.87. The van der Waals surface area contributed by atoms with Crippen LogP contribution in [-0.2, 0) is 12.0 Å². The smallest absolute Gasteiger partial charge is 0.0487 e. The number of hydrazine groups is 1. The molecule has 0 aliphatic carbocycles. The van der Waals surface area contributed by atoms with Crippen molar-refractivity contribution in [1.29, 1.82) is 0 Å².